The van der Waals surface area contributed by atoms with Crippen LogP contribution in [0.1, 0.15) is 43.7 Å². The summed E-state index contributed by atoms with van der Waals surface area (Å²) in [6.07, 6.45) is 2.94. The van der Waals surface area contributed by atoms with Crippen LogP contribution in [-0.4, -0.2) is 18.4 Å². The highest BCUT2D eigenvalue weighted by atomic mass is 16.5. The van der Waals surface area contributed by atoms with Crippen LogP contribution in [0, 0.1) is 18.8 Å². The molecule has 1 saturated carbocycles. The molecule has 0 aliphatic heterocycles. The molecule has 1 fully saturated rings. The highest BCUT2D eigenvalue weighted by molar-refractivity contribution is 5.94. The molecule has 2 aromatic carbocycles. The molecule has 0 unspecified atom stereocenters. The van der Waals surface area contributed by atoms with Gasteiger partial charge >= 0.3 is 0 Å². The predicted octanol–water partition coefficient (Wildman–Crippen LogP) is 4.46. The molecule has 1 aliphatic carbocycles. The van der Waals surface area contributed by atoms with Crippen molar-refractivity contribution in [3.63, 3.8) is 0 Å². The van der Waals surface area contributed by atoms with E-state index in [2.05, 4.69) is 16.7 Å². The number of ether oxygens (including phenoxy) is 1. The largest absolute Gasteiger partial charge is 0.492 e. The molecule has 3 rings (SSSR count). The Morgan fingerprint density at radius 2 is 1.66 bits per heavy atom. The van der Waals surface area contributed by atoms with E-state index in [1.807, 2.05) is 56.3 Å². The third-order valence-corrected chi connectivity index (χ3v) is 5.46. The smallest absolute Gasteiger partial charge is 0.227 e. The number of anilines is 1. The van der Waals surface area contributed by atoms with Crippen LogP contribution >= 0.6 is 0 Å². The van der Waals surface area contributed by atoms with Gasteiger partial charge in [-0.1, -0.05) is 42.0 Å². The maximum absolute atomic E-state index is 12.7. The van der Waals surface area contributed by atoms with E-state index in [0.717, 1.165) is 31.2 Å². The zero-order valence-electron chi connectivity index (χ0n) is 17.2. The Hall–Kier alpha value is -2.82. The molecule has 1 aliphatic rings. The van der Waals surface area contributed by atoms with Gasteiger partial charge in [-0.2, -0.15) is 0 Å². The van der Waals surface area contributed by atoms with E-state index in [4.69, 9.17) is 4.74 Å². The lowest BCUT2D eigenvalue weighted by Gasteiger charge is -2.27. The first kappa shape index (κ1) is 20.9. The van der Waals surface area contributed by atoms with Crippen molar-refractivity contribution in [1.29, 1.82) is 0 Å². The molecule has 154 valence electrons. The van der Waals surface area contributed by atoms with Gasteiger partial charge in [-0.25, -0.2) is 0 Å². The molecule has 29 heavy (non-hydrogen) atoms. The monoisotopic (exact) mass is 394 g/mol. The van der Waals surface area contributed by atoms with E-state index >= 15 is 0 Å². The summed E-state index contributed by atoms with van der Waals surface area (Å²) < 4.78 is 5.58. The fraction of sp³-hybridized carbons (Fsp3) is 0.417. The summed E-state index contributed by atoms with van der Waals surface area (Å²) >= 11 is 0. The van der Waals surface area contributed by atoms with Gasteiger partial charge in [0.1, 0.15) is 5.75 Å². The van der Waals surface area contributed by atoms with Crippen LogP contribution < -0.4 is 15.4 Å². The molecule has 2 amide bonds. The minimum Gasteiger partial charge on any atom is -0.492 e. The van der Waals surface area contributed by atoms with Gasteiger partial charge in [0.05, 0.1) is 12.3 Å². The third kappa shape index (κ3) is 5.83. The van der Waals surface area contributed by atoms with Crippen LogP contribution in [0.3, 0.4) is 0 Å². The summed E-state index contributed by atoms with van der Waals surface area (Å²) in [4.78, 5) is 25.2. The van der Waals surface area contributed by atoms with Crippen LogP contribution in [0.5, 0.6) is 5.75 Å². The van der Waals surface area contributed by atoms with Crippen molar-refractivity contribution in [1.82, 2.24) is 5.32 Å². The van der Waals surface area contributed by atoms with E-state index < -0.39 is 0 Å². The number of carbonyl (C=O) groups excluding carboxylic acids is 2. The Kier molecular flexibility index (Phi) is 7.28. The molecule has 0 heterocycles. The van der Waals surface area contributed by atoms with Crippen molar-refractivity contribution < 1.29 is 14.3 Å². The average molecular weight is 395 g/mol. The fourth-order valence-electron chi connectivity index (χ4n) is 3.86. The Morgan fingerprint density at radius 1 is 0.966 bits per heavy atom. The van der Waals surface area contributed by atoms with Gasteiger partial charge in [-0.3, -0.25) is 9.59 Å². The molecule has 5 heteroatoms. The second kappa shape index (κ2) is 10.1. The maximum atomic E-state index is 12.7. The van der Waals surface area contributed by atoms with Crippen molar-refractivity contribution in [2.75, 3.05) is 11.9 Å². The topological polar surface area (TPSA) is 67.4 Å². The van der Waals surface area contributed by atoms with Crippen molar-refractivity contribution in [3.05, 3.63) is 59.7 Å². The number of benzene rings is 2. The van der Waals surface area contributed by atoms with Gasteiger partial charge in [0.25, 0.3) is 0 Å². The fourth-order valence-corrected chi connectivity index (χ4v) is 3.86. The standard InChI is InChI=1S/C24H30N2O3/c1-3-29-22-10-5-4-9-21(22)26-24(28)20-13-11-19(12-14-20)23(27)25-16-18-8-6-7-17(2)15-18/h4-10,15,19-20H,3,11-14,16H2,1-2H3,(H,25,27)(H,26,28). The summed E-state index contributed by atoms with van der Waals surface area (Å²) in [5.41, 5.74) is 3.01. The highest BCUT2D eigenvalue weighted by Crippen LogP contribution is 2.31. The van der Waals surface area contributed by atoms with Gasteiger partial charge in [0.15, 0.2) is 0 Å². The van der Waals surface area contributed by atoms with Crippen LogP contribution in [0.4, 0.5) is 5.69 Å². The van der Waals surface area contributed by atoms with E-state index in [-0.39, 0.29) is 23.7 Å². The van der Waals surface area contributed by atoms with Crippen molar-refractivity contribution in [2.45, 2.75) is 46.1 Å². The van der Waals surface area contributed by atoms with E-state index in [1.165, 1.54) is 5.56 Å². The van der Waals surface area contributed by atoms with E-state index in [1.54, 1.807) is 0 Å². The zero-order valence-corrected chi connectivity index (χ0v) is 17.2. The van der Waals surface area contributed by atoms with E-state index in [0.29, 0.717) is 24.6 Å². The SMILES string of the molecule is CCOc1ccccc1NC(=O)C1CCC(C(=O)NCc2cccc(C)c2)CC1. The summed E-state index contributed by atoms with van der Waals surface area (Å²) in [6.45, 7) is 5.07. The minimum absolute atomic E-state index is 0.00997. The summed E-state index contributed by atoms with van der Waals surface area (Å²) in [6, 6.07) is 15.6. The van der Waals surface area contributed by atoms with Crippen LogP contribution in [0.25, 0.3) is 0 Å². The van der Waals surface area contributed by atoms with Crippen LogP contribution in [-0.2, 0) is 16.1 Å². The van der Waals surface area contributed by atoms with Crippen LogP contribution in [0.15, 0.2) is 48.5 Å². The lowest BCUT2D eigenvalue weighted by molar-refractivity contribution is -0.128. The number of para-hydroxylation sites is 2. The van der Waals surface area contributed by atoms with Gasteiger partial charge in [0.2, 0.25) is 11.8 Å². The second-order valence-electron chi connectivity index (χ2n) is 7.67. The average Bonchev–Trinajstić information content (AvgIpc) is 2.74. The minimum atomic E-state index is -0.0643. The van der Waals surface area contributed by atoms with Gasteiger partial charge in [-0.15, -0.1) is 0 Å². The molecule has 2 aromatic rings. The first-order valence-corrected chi connectivity index (χ1v) is 10.4. The molecular formula is C24H30N2O3. The Morgan fingerprint density at radius 3 is 2.34 bits per heavy atom. The van der Waals surface area contributed by atoms with Crippen molar-refractivity contribution in [2.24, 2.45) is 11.8 Å². The highest BCUT2D eigenvalue weighted by Gasteiger charge is 2.30. The molecule has 0 radical (unpaired) electrons. The lowest BCUT2D eigenvalue weighted by atomic mass is 9.81. The van der Waals surface area contributed by atoms with Gasteiger partial charge in [0, 0.05) is 18.4 Å². The quantitative estimate of drug-likeness (QED) is 0.729. The molecule has 0 spiro atoms. The van der Waals surface area contributed by atoms with Crippen LogP contribution in [0.2, 0.25) is 0 Å². The molecule has 2 N–H and O–H groups in total. The zero-order chi connectivity index (χ0) is 20.6. The number of amides is 2. The Bertz CT molecular complexity index is 842. The number of aryl methyl sites for hydroxylation is 1. The number of nitrogens with one attached hydrogen (secondary N) is 2. The number of carbonyl (C=O) groups is 2. The normalized spacial score (nSPS) is 18.7. The predicted molar refractivity (Wildman–Crippen MR) is 115 cm³/mol. The number of rotatable bonds is 7. The van der Waals surface area contributed by atoms with Gasteiger partial charge < -0.3 is 15.4 Å². The number of hydrogen-bond acceptors (Lipinski definition) is 3. The second-order valence-corrected chi connectivity index (χ2v) is 7.67. The first-order chi connectivity index (χ1) is 14.1. The van der Waals surface area contributed by atoms with Crippen molar-refractivity contribution in [3.8, 4) is 5.75 Å². The lowest BCUT2D eigenvalue weighted by Crippen LogP contribution is -2.35. The van der Waals surface area contributed by atoms with Gasteiger partial charge in [-0.05, 0) is 57.2 Å². The van der Waals surface area contributed by atoms with Crippen molar-refractivity contribution >= 4 is 17.5 Å². The molecule has 5 nitrogen and oxygen atoms in total. The molecule has 0 aromatic heterocycles. The van der Waals surface area contributed by atoms with E-state index in [9.17, 15) is 9.59 Å². The Labute approximate surface area is 172 Å². The Balaban J connectivity index is 1.47. The molecule has 0 atom stereocenters. The summed E-state index contributed by atoms with van der Waals surface area (Å²) in [5.74, 6) is 0.709. The molecule has 0 bridgehead atoms. The number of hydrogen-bond donors (Lipinski definition) is 2. The first-order valence-electron chi connectivity index (χ1n) is 10.4. The molecule has 0 saturated heterocycles. The maximum Gasteiger partial charge on any atom is 0.227 e. The summed E-state index contributed by atoms with van der Waals surface area (Å²) in [7, 11) is 0. The molecular weight excluding hydrogens is 364 g/mol. The third-order valence-electron chi connectivity index (χ3n) is 5.46. The summed E-state index contributed by atoms with van der Waals surface area (Å²) in [5, 5.41) is 6.04.